The van der Waals surface area contributed by atoms with E-state index in [9.17, 15) is 0 Å². The molecule has 0 amide bonds. The van der Waals surface area contributed by atoms with Crippen molar-refractivity contribution < 1.29 is 0 Å². The molecule has 0 atom stereocenters. The van der Waals surface area contributed by atoms with Gasteiger partial charge in [0.1, 0.15) is 0 Å². The van der Waals surface area contributed by atoms with Crippen molar-refractivity contribution in [2.24, 2.45) is 11.1 Å². The van der Waals surface area contributed by atoms with E-state index in [0.717, 1.165) is 5.70 Å². The molecule has 0 aromatic carbocycles. The highest BCUT2D eigenvalue weighted by Crippen LogP contribution is 2.27. The summed E-state index contributed by atoms with van der Waals surface area (Å²) >= 11 is 0. The van der Waals surface area contributed by atoms with E-state index in [0.29, 0.717) is 0 Å². The highest BCUT2D eigenvalue weighted by molar-refractivity contribution is 5.31. The SMILES string of the molecule is C=C/C(N)=C\C(C)=C(/C)C(C)(C)C. The van der Waals surface area contributed by atoms with Gasteiger partial charge in [-0.25, -0.2) is 0 Å². The summed E-state index contributed by atoms with van der Waals surface area (Å²) in [6.07, 6.45) is 3.63. The maximum Gasteiger partial charge on any atom is 0.0310 e. The van der Waals surface area contributed by atoms with Crippen molar-refractivity contribution >= 4 is 0 Å². The summed E-state index contributed by atoms with van der Waals surface area (Å²) in [5.41, 5.74) is 9.18. The van der Waals surface area contributed by atoms with Crippen LogP contribution in [0.2, 0.25) is 0 Å². The number of hydrogen-bond donors (Lipinski definition) is 1. The summed E-state index contributed by atoms with van der Waals surface area (Å²) in [6, 6.07) is 0. The van der Waals surface area contributed by atoms with Gasteiger partial charge in [0.25, 0.3) is 0 Å². The predicted octanol–water partition coefficient (Wildman–Crippen LogP) is 3.40. The van der Waals surface area contributed by atoms with Gasteiger partial charge in [-0.1, -0.05) is 32.9 Å². The Morgan fingerprint density at radius 2 is 1.69 bits per heavy atom. The van der Waals surface area contributed by atoms with E-state index >= 15 is 0 Å². The first kappa shape index (κ1) is 12.0. The highest BCUT2D eigenvalue weighted by Gasteiger charge is 2.13. The fourth-order valence-electron chi connectivity index (χ4n) is 1.01. The van der Waals surface area contributed by atoms with E-state index < -0.39 is 0 Å². The van der Waals surface area contributed by atoms with Crippen LogP contribution in [0, 0.1) is 5.41 Å². The molecule has 0 aromatic rings. The molecule has 0 unspecified atom stereocenters. The Bertz CT molecular complexity index is 249. The molecule has 0 aliphatic rings. The molecule has 0 bridgehead atoms. The van der Waals surface area contributed by atoms with E-state index in [4.69, 9.17) is 5.73 Å². The van der Waals surface area contributed by atoms with Gasteiger partial charge in [-0.05, 0) is 37.0 Å². The van der Waals surface area contributed by atoms with Gasteiger partial charge in [0, 0.05) is 5.70 Å². The van der Waals surface area contributed by atoms with Crippen molar-refractivity contribution in [3.8, 4) is 0 Å². The third kappa shape index (κ3) is 3.97. The standard InChI is InChI=1S/C12H21N/c1-7-11(13)8-9(2)10(3)12(4,5)6/h7-8H,1,13H2,2-6H3/b10-9+,11-8+. The molecule has 0 rings (SSSR count). The third-order valence-corrected chi connectivity index (χ3v) is 2.34. The lowest BCUT2D eigenvalue weighted by Crippen LogP contribution is -2.08. The summed E-state index contributed by atoms with van der Waals surface area (Å²) < 4.78 is 0. The Morgan fingerprint density at radius 3 is 2.00 bits per heavy atom. The fraction of sp³-hybridized carbons (Fsp3) is 0.500. The Balaban J connectivity index is 4.94. The topological polar surface area (TPSA) is 26.0 Å². The Morgan fingerprint density at radius 1 is 1.23 bits per heavy atom. The van der Waals surface area contributed by atoms with Crippen molar-refractivity contribution in [1.82, 2.24) is 0 Å². The fourth-order valence-corrected chi connectivity index (χ4v) is 1.01. The average Bonchev–Trinajstić information content (AvgIpc) is 2.01. The number of rotatable bonds is 2. The van der Waals surface area contributed by atoms with Gasteiger partial charge in [-0.15, -0.1) is 0 Å². The second-order valence-corrected chi connectivity index (χ2v) is 4.41. The van der Waals surface area contributed by atoms with Gasteiger partial charge in [0.05, 0.1) is 0 Å². The Kier molecular flexibility index (Phi) is 3.99. The van der Waals surface area contributed by atoms with Crippen LogP contribution in [-0.2, 0) is 0 Å². The van der Waals surface area contributed by atoms with Gasteiger partial charge in [0.2, 0.25) is 0 Å². The monoisotopic (exact) mass is 179 g/mol. The van der Waals surface area contributed by atoms with E-state index in [-0.39, 0.29) is 5.41 Å². The second kappa shape index (κ2) is 4.31. The molecular weight excluding hydrogens is 158 g/mol. The van der Waals surface area contributed by atoms with Crippen molar-refractivity contribution in [2.75, 3.05) is 0 Å². The zero-order valence-corrected chi connectivity index (χ0v) is 9.44. The summed E-state index contributed by atoms with van der Waals surface area (Å²) in [7, 11) is 0. The molecule has 1 nitrogen and oxygen atoms in total. The van der Waals surface area contributed by atoms with Crippen LogP contribution in [0.3, 0.4) is 0 Å². The summed E-state index contributed by atoms with van der Waals surface area (Å²) in [5.74, 6) is 0. The smallest absolute Gasteiger partial charge is 0.0310 e. The maximum absolute atomic E-state index is 5.66. The molecule has 0 heterocycles. The second-order valence-electron chi connectivity index (χ2n) is 4.41. The molecule has 0 aromatic heterocycles. The third-order valence-electron chi connectivity index (χ3n) is 2.34. The van der Waals surface area contributed by atoms with Crippen LogP contribution in [0.25, 0.3) is 0 Å². The molecule has 0 aliphatic carbocycles. The minimum Gasteiger partial charge on any atom is -0.399 e. The molecule has 13 heavy (non-hydrogen) atoms. The van der Waals surface area contributed by atoms with E-state index in [1.54, 1.807) is 6.08 Å². The van der Waals surface area contributed by atoms with Gasteiger partial charge < -0.3 is 5.73 Å². The molecule has 0 radical (unpaired) electrons. The quantitative estimate of drug-likeness (QED) is 0.646. The van der Waals surface area contributed by atoms with Crippen LogP contribution < -0.4 is 5.73 Å². The van der Waals surface area contributed by atoms with Gasteiger partial charge in [-0.2, -0.15) is 0 Å². The molecule has 0 spiro atoms. The van der Waals surface area contributed by atoms with Gasteiger partial charge in [0.15, 0.2) is 0 Å². The van der Waals surface area contributed by atoms with E-state index in [1.807, 2.05) is 6.08 Å². The van der Waals surface area contributed by atoms with Gasteiger partial charge in [-0.3, -0.25) is 0 Å². The largest absolute Gasteiger partial charge is 0.399 e. The van der Waals surface area contributed by atoms with Gasteiger partial charge >= 0.3 is 0 Å². The molecule has 0 aliphatic heterocycles. The number of hydrogen-bond acceptors (Lipinski definition) is 1. The summed E-state index contributed by atoms with van der Waals surface area (Å²) in [5, 5.41) is 0. The Labute approximate surface area is 82.0 Å². The van der Waals surface area contributed by atoms with Crippen molar-refractivity contribution in [1.29, 1.82) is 0 Å². The lowest BCUT2D eigenvalue weighted by atomic mass is 9.84. The van der Waals surface area contributed by atoms with Crippen LogP contribution in [0.5, 0.6) is 0 Å². The van der Waals surface area contributed by atoms with Crippen LogP contribution in [0.1, 0.15) is 34.6 Å². The predicted molar refractivity (Wildman–Crippen MR) is 60.3 cm³/mol. The van der Waals surface area contributed by atoms with Crippen molar-refractivity contribution in [2.45, 2.75) is 34.6 Å². The van der Waals surface area contributed by atoms with E-state index in [1.165, 1.54) is 11.1 Å². The summed E-state index contributed by atoms with van der Waals surface area (Å²) in [6.45, 7) is 14.4. The summed E-state index contributed by atoms with van der Waals surface area (Å²) in [4.78, 5) is 0. The molecule has 0 fully saturated rings. The normalized spacial score (nSPS) is 15.3. The zero-order valence-electron chi connectivity index (χ0n) is 9.44. The maximum atomic E-state index is 5.66. The Hall–Kier alpha value is -0.980. The van der Waals surface area contributed by atoms with Crippen LogP contribution in [-0.4, -0.2) is 0 Å². The van der Waals surface area contributed by atoms with E-state index in [2.05, 4.69) is 41.2 Å². The first-order valence-electron chi connectivity index (χ1n) is 4.56. The molecule has 0 saturated carbocycles. The lowest BCUT2D eigenvalue weighted by Gasteiger charge is -2.21. The molecular formula is C12H21N. The highest BCUT2D eigenvalue weighted by atomic mass is 14.5. The molecule has 2 N–H and O–H groups in total. The van der Waals surface area contributed by atoms with Crippen LogP contribution in [0.15, 0.2) is 35.6 Å². The molecule has 0 saturated heterocycles. The molecule has 1 heteroatoms. The first-order valence-corrected chi connectivity index (χ1v) is 4.56. The minimum absolute atomic E-state index is 0.210. The van der Waals surface area contributed by atoms with Crippen molar-refractivity contribution in [3.05, 3.63) is 35.6 Å². The minimum atomic E-state index is 0.210. The van der Waals surface area contributed by atoms with Crippen LogP contribution in [0.4, 0.5) is 0 Å². The lowest BCUT2D eigenvalue weighted by molar-refractivity contribution is 0.500. The zero-order chi connectivity index (χ0) is 10.6. The van der Waals surface area contributed by atoms with Crippen LogP contribution >= 0.6 is 0 Å². The van der Waals surface area contributed by atoms with Crippen molar-refractivity contribution in [3.63, 3.8) is 0 Å². The number of allylic oxidation sites excluding steroid dienone is 4. The average molecular weight is 179 g/mol. The number of nitrogens with two attached hydrogens (primary N) is 1. The molecule has 74 valence electrons. The first-order chi connectivity index (χ1) is 5.79.